The molecular weight excluding hydrogens is 182 g/mol. The largest absolute Gasteiger partial charge is 0.395 e. The molecule has 4 heteroatoms. The third kappa shape index (κ3) is 1.37. The second-order valence-corrected chi connectivity index (χ2v) is 4.53. The van der Waals surface area contributed by atoms with Crippen LogP contribution < -0.4 is 0 Å². The number of fused-ring (bicyclic) bond motifs is 1. The number of piperidine rings is 1. The van der Waals surface area contributed by atoms with Crippen molar-refractivity contribution in [1.29, 1.82) is 0 Å². The monoisotopic (exact) mass is 201 g/mol. The maximum absolute atomic E-state index is 9.81. The Labute approximate surface area is 84.2 Å². The van der Waals surface area contributed by atoms with Gasteiger partial charge in [-0.3, -0.25) is 4.90 Å². The third-order valence-corrected chi connectivity index (χ3v) is 3.72. The van der Waals surface area contributed by atoms with Gasteiger partial charge in [-0.25, -0.2) is 0 Å². The molecule has 2 rings (SSSR count). The molecule has 0 aliphatic carbocycles. The van der Waals surface area contributed by atoms with Gasteiger partial charge in [0.05, 0.1) is 24.9 Å². The maximum atomic E-state index is 9.81. The van der Waals surface area contributed by atoms with Crippen LogP contribution >= 0.6 is 0 Å². The molecule has 14 heavy (non-hydrogen) atoms. The van der Waals surface area contributed by atoms with Crippen molar-refractivity contribution in [3.63, 3.8) is 0 Å². The van der Waals surface area contributed by atoms with E-state index >= 15 is 0 Å². The van der Waals surface area contributed by atoms with E-state index in [1.54, 1.807) is 0 Å². The highest BCUT2D eigenvalue weighted by atomic mass is 16.3. The van der Waals surface area contributed by atoms with E-state index in [0.717, 1.165) is 19.3 Å². The number of aliphatic hydroxyl groups excluding tert-OH is 3. The Morgan fingerprint density at radius 3 is 2.57 bits per heavy atom. The molecule has 0 spiro atoms. The van der Waals surface area contributed by atoms with Crippen LogP contribution in [-0.4, -0.2) is 57.2 Å². The molecule has 5 atom stereocenters. The van der Waals surface area contributed by atoms with Gasteiger partial charge in [-0.05, 0) is 19.8 Å². The number of hydrogen-bond acceptors (Lipinski definition) is 4. The molecule has 0 aromatic rings. The van der Waals surface area contributed by atoms with Gasteiger partial charge in [0.15, 0.2) is 0 Å². The number of rotatable bonds is 1. The summed E-state index contributed by atoms with van der Waals surface area (Å²) < 4.78 is 0. The molecular formula is C10H19NO3. The van der Waals surface area contributed by atoms with Gasteiger partial charge in [0.2, 0.25) is 0 Å². The first kappa shape index (κ1) is 10.4. The standard InChI is InChI=1S/C10H19NO3/c1-6-3-2-4-7-9(13)10(14)8(5-12)11(6)7/h6-10,12-14H,2-5H2,1H3/t6-,7+,8+,9+,10-/m0/s1. The minimum atomic E-state index is -0.787. The molecule has 3 N–H and O–H groups in total. The molecule has 0 aromatic heterocycles. The van der Waals surface area contributed by atoms with Crippen LogP contribution in [0, 0.1) is 0 Å². The summed E-state index contributed by atoms with van der Waals surface area (Å²) in [6, 6.07) is 0.133. The van der Waals surface area contributed by atoms with Crippen LogP contribution in [0.4, 0.5) is 0 Å². The van der Waals surface area contributed by atoms with Gasteiger partial charge >= 0.3 is 0 Å². The van der Waals surface area contributed by atoms with E-state index in [0.29, 0.717) is 6.04 Å². The van der Waals surface area contributed by atoms with E-state index in [4.69, 9.17) is 0 Å². The van der Waals surface area contributed by atoms with Gasteiger partial charge in [0.25, 0.3) is 0 Å². The van der Waals surface area contributed by atoms with Crippen LogP contribution in [0.5, 0.6) is 0 Å². The molecule has 2 aliphatic rings. The first-order valence-electron chi connectivity index (χ1n) is 5.41. The fourth-order valence-electron chi connectivity index (χ4n) is 3.00. The Morgan fingerprint density at radius 2 is 1.93 bits per heavy atom. The van der Waals surface area contributed by atoms with Gasteiger partial charge in [0.1, 0.15) is 0 Å². The summed E-state index contributed by atoms with van der Waals surface area (Å²) in [5.74, 6) is 0. The molecule has 2 saturated heterocycles. The normalized spacial score (nSPS) is 49.3. The van der Waals surface area contributed by atoms with Gasteiger partial charge < -0.3 is 15.3 Å². The minimum Gasteiger partial charge on any atom is -0.395 e. The zero-order valence-corrected chi connectivity index (χ0v) is 8.50. The van der Waals surface area contributed by atoms with Crippen LogP contribution in [0.3, 0.4) is 0 Å². The predicted molar refractivity (Wildman–Crippen MR) is 51.8 cm³/mol. The maximum Gasteiger partial charge on any atom is 0.0991 e. The predicted octanol–water partition coefficient (Wildman–Crippen LogP) is -0.674. The molecule has 0 bridgehead atoms. The number of nitrogens with zero attached hydrogens (tertiary/aromatic N) is 1. The van der Waals surface area contributed by atoms with Gasteiger partial charge in [0, 0.05) is 12.1 Å². The summed E-state index contributed by atoms with van der Waals surface area (Å²) in [6.07, 6.45) is 1.65. The highest BCUT2D eigenvalue weighted by molar-refractivity contribution is 5.03. The molecule has 0 unspecified atom stereocenters. The topological polar surface area (TPSA) is 63.9 Å². The van der Waals surface area contributed by atoms with E-state index in [-0.39, 0.29) is 18.7 Å². The second kappa shape index (κ2) is 3.77. The van der Waals surface area contributed by atoms with Crippen LogP contribution in [0.2, 0.25) is 0 Å². The van der Waals surface area contributed by atoms with Crippen molar-refractivity contribution in [3.05, 3.63) is 0 Å². The highest BCUT2D eigenvalue weighted by Crippen LogP contribution is 2.35. The molecule has 0 aromatic carbocycles. The van der Waals surface area contributed by atoms with E-state index in [2.05, 4.69) is 11.8 Å². The van der Waals surface area contributed by atoms with Crippen LogP contribution in [0.15, 0.2) is 0 Å². The molecule has 2 heterocycles. The zero-order chi connectivity index (χ0) is 10.3. The Kier molecular flexibility index (Phi) is 2.79. The van der Waals surface area contributed by atoms with Crippen molar-refractivity contribution in [2.45, 2.75) is 56.5 Å². The molecule has 82 valence electrons. The van der Waals surface area contributed by atoms with E-state index in [9.17, 15) is 15.3 Å². The van der Waals surface area contributed by atoms with Gasteiger partial charge in [-0.1, -0.05) is 6.42 Å². The summed E-state index contributed by atoms with van der Waals surface area (Å²) in [7, 11) is 0. The Bertz CT molecular complexity index is 202. The molecule has 2 fully saturated rings. The van der Waals surface area contributed by atoms with Crippen molar-refractivity contribution in [2.24, 2.45) is 0 Å². The minimum absolute atomic E-state index is 0.0471. The fraction of sp³-hybridized carbons (Fsp3) is 1.00. The zero-order valence-electron chi connectivity index (χ0n) is 8.50. The van der Waals surface area contributed by atoms with Crippen molar-refractivity contribution in [2.75, 3.05) is 6.61 Å². The Hall–Kier alpha value is -0.160. The molecule has 0 amide bonds. The molecule has 0 saturated carbocycles. The molecule has 0 radical (unpaired) electrons. The lowest BCUT2D eigenvalue weighted by atomic mass is 9.96. The smallest absolute Gasteiger partial charge is 0.0991 e. The average Bonchev–Trinajstić information content (AvgIpc) is 2.43. The summed E-state index contributed by atoms with van der Waals surface area (Å²) in [4.78, 5) is 2.10. The van der Waals surface area contributed by atoms with Gasteiger partial charge in [-0.2, -0.15) is 0 Å². The first-order valence-corrected chi connectivity index (χ1v) is 5.41. The van der Waals surface area contributed by atoms with Crippen LogP contribution in [-0.2, 0) is 0 Å². The fourth-order valence-corrected chi connectivity index (χ4v) is 3.00. The summed E-state index contributed by atoms with van der Waals surface area (Å²) in [5.41, 5.74) is 0. The summed E-state index contributed by atoms with van der Waals surface area (Å²) in [6.45, 7) is 2.03. The van der Waals surface area contributed by atoms with Crippen molar-refractivity contribution < 1.29 is 15.3 Å². The SMILES string of the molecule is C[C@H]1CCC[C@@H]2[C@@H](O)[C@@H](O)[C@@H](CO)N21. The van der Waals surface area contributed by atoms with Crippen LogP contribution in [0.25, 0.3) is 0 Å². The summed E-state index contributed by atoms with van der Waals surface area (Å²) >= 11 is 0. The summed E-state index contributed by atoms with van der Waals surface area (Å²) in [5, 5.41) is 28.8. The lowest BCUT2D eigenvalue weighted by molar-refractivity contribution is 0.0174. The molecule has 4 nitrogen and oxygen atoms in total. The Morgan fingerprint density at radius 1 is 1.21 bits per heavy atom. The van der Waals surface area contributed by atoms with Gasteiger partial charge in [-0.15, -0.1) is 0 Å². The van der Waals surface area contributed by atoms with Crippen molar-refractivity contribution in [3.8, 4) is 0 Å². The Balaban J connectivity index is 2.20. The van der Waals surface area contributed by atoms with E-state index in [1.807, 2.05) is 0 Å². The lowest BCUT2D eigenvalue weighted by Crippen LogP contribution is -2.49. The average molecular weight is 201 g/mol. The number of hydrogen-bond donors (Lipinski definition) is 3. The van der Waals surface area contributed by atoms with E-state index < -0.39 is 12.2 Å². The van der Waals surface area contributed by atoms with Crippen molar-refractivity contribution >= 4 is 0 Å². The second-order valence-electron chi connectivity index (χ2n) is 4.53. The van der Waals surface area contributed by atoms with E-state index in [1.165, 1.54) is 0 Å². The quantitative estimate of drug-likeness (QED) is 0.526. The first-order chi connectivity index (χ1) is 6.66. The molecule has 2 aliphatic heterocycles. The number of aliphatic hydroxyl groups is 3. The third-order valence-electron chi connectivity index (χ3n) is 3.72. The highest BCUT2D eigenvalue weighted by Gasteiger charge is 2.49. The van der Waals surface area contributed by atoms with Crippen molar-refractivity contribution in [1.82, 2.24) is 4.90 Å². The van der Waals surface area contributed by atoms with Crippen LogP contribution in [0.1, 0.15) is 26.2 Å². The lowest BCUT2D eigenvalue weighted by Gasteiger charge is -2.39.